The van der Waals surface area contributed by atoms with Crippen molar-refractivity contribution in [3.63, 3.8) is 0 Å². The summed E-state index contributed by atoms with van der Waals surface area (Å²) in [7, 11) is 0. The number of hydrogen-bond donors (Lipinski definition) is 2. The van der Waals surface area contributed by atoms with E-state index in [9.17, 15) is 14.7 Å². The van der Waals surface area contributed by atoms with Crippen molar-refractivity contribution < 1.29 is 28.9 Å². The van der Waals surface area contributed by atoms with Crippen molar-refractivity contribution in [2.75, 3.05) is 32.9 Å². The van der Waals surface area contributed by atoms with Crippen molar-refractivity contribution in [2.45, 2.75) is 33.6 Å². The highest BCUT2D eigenvalue weighted by Crippen LogP contribution is 2.17. The number of ether oxygens (including phenoxy) is 3. The second-order valence-corrected chi connectivity index (χ2v) is 5.19. The number of likely N-dealkylation sites (tertiary alicyclic amines) is 1. The molecule has 8 nitrogen and oxygen atoms in total. The first-order valence-electron chi connectivity index (χ1n) is 8.41. The molecule has 1 heterocycles. The van der Waals surface area contributed by atoms with Crippen LogP contribution in [0.25, 0.3) is 0 Å². The summed E-state index contributed by atoms with van der Waals surface area (Å²) in [5.74, 6) is -2.30. The number of hydrogen-bond acceptors (Lipinski definition) is 7. The van der Waals surface area contributed by atoms with Crippen LogP contribution < -0.4 is 0 Å². The molecule has 140 valence electrons. The molecule has 0 spiro atoms. The van der Waals surface area contributed by atoms with Crippen molar-refractivity contribution in [1.82, 2.24) is 4.90 Å². The lowest BCUT2D eigenvalue weighted by Crippen LogP contribution is -2.32. The Hall–Kier alpha value is -2.51. The van der Waals surface area contributed by atoms with Gasteiger partial charge in [-0.05, 0) is 39.7 Å². The lowest BCUT2D eigenvalue weighted by molar-refractivity contribution is -0.138. The number of esters is 2. The standard InChI is InChI=1S/C17H26N2O6/c1-4-23-15(20)12(14(18)19-9-7-8-10-19)11-13(16(21)24-5-2)17(22)25-6-3/h11,18,21H,4-10H2,1-3H3/b12-11-,16-13-,18-14?. The van der Waals surface area contributed by atoms with Gasteiger partial charge in [0, 0.05) is 13.1 Å². The molecule has 0 atom stereocenters. The third-order valence-electron chi connectivity index (χ3n) is 3.47. The Morgan fingerprint density at radius 3 is 2.04 bits per heavy atom. The van der Waals surface area contributed by atoms with Gasteiger partial charge >= 0.3 is 11.9 Å². The van der Waals surface area contributed by atoms with Gasteiger partial charge in [-0.1, -0.05) is 0 Å². The van der Waals surface area contributed by atoms with Gasteiger partial charge in [0.15, 0.2) is 0 Å². The van der Waals surface area contributed by atoms with E-state index in [-0.39, 0.29) is 36.8 Å². The number of nitrogens with zero attached hydrogens (tertiary/aromatic N) is 1. The summed E-state index contributed by atoms with van der Waals surface area (Å²) in [6.45, 7) is 6.54. The van der Waals surface area contributed by atoms with Crippen LogP contribution in [0.2, 0.25) is 0 Å². The lowest BCUT2D eigenvalue weighted by Gasteiger charge is -2.20. The first-order valence-corrected chi connectivity index (χ1v) is 8.41. The molecule has 1 rings (SSSR count). The fourth-order valence-electron chi connectivity index (χ4n) is 2.32. The SMILES string of the molecule is CCOC(=O)/C(=C\C(C(=O)OCC)=C(/O)OCC)C(=N)N1CCCC1. The number of rotatable bonds is 8. The molecule has 0 aromatic carbocycles. The van der Waals surface area contributed by atoms with Crippen molar-refractivity contribution in [2.24, 2.45) is 0 Å². The van der Waals surface area contributed by atoms with E-state index in [2.05, 4.69) is 0 Å². The van der Waals surface area contributed by atoms with Crippen LogP contribution in [0.1, 0.15) is 33.6 Å². The molecule has 1 aliphatic heterocycles. The van der Waals surface area contributed by atoms with E-state index in [1.807, 2.05) is 0 Å². The minimum absolute atomic E-state index is 0.0537. The highest BCUT2D eigenvalue weighted by Gasteiger charge is 2.27. The number of aliphatic hydroxyl groups excluding tert-OH is 1. The summed E-state index contributed by atoms with van der Waals surface area (Å²) in [5.41, 5.74) is -0.450. The molecule has 0 aliphatic carbocycles. The van der Waals surface area contributed by atoms with Crippen LogP contribution in [0.4, 0.5) is 0 Å². The Balaban J connectivity index is 3.29. The van der Waals surface area contributed by atoms with Gasteiger partial charge in [-0.15, -0.1) is 0 Å². The molecule has 1 saturated heterocycles. The molecule has 1 aliphatic rings. The Bertz CT molecular complexity index is 561. The number of nitrogens with one attached hydrogen (secondary N) is 1. The van der Waals surface area contributed by atoms with Gasteiger partial charge in [0.25, 0.3) is 5.95 Å². The van der Waals surface area contributed by atoms with E-state index in [0.717, 1.165) is 18.9 Å². The van der Waals surface area contributed by atoms with Crippen LogP contribution in [0.15, 0.2) is 23.2 Å². The minimum atomic E-state index is -0.843. The van der Waals surface area contributed by atoms with Crippen molar-refractivity contribution in [3.05, 3.63) is 23.2 Å². The van der Waals surface area contributed by atoms with Crippen molar-refractivity contribution >= 4 is 17.8 Å². The average molecular weight is 354 g/mol. The third-order valence-corrected chi connectivity index (χ3v) is 3.47. The monoisotopic (exact) mass is 354 g/mol. The quantitative estimate of drug-likeness (QED) is 0.171. The maximum absolute atomic E-state index is 12.3. The predicted molar refractivity (Wildman–Crippen MR) is 91.2 cm³/mol. The van der Waals surface area contributed by atoms with E-state index >= 15 is 0 Å². The molecule has 1 fully saturated rings. The van der Waals surface area contributed by atoms with Gasteiger partial charge in [-0.25, -0.2) is 9.59 Å². The van der Waals surface area contributed by atoms with Gasteiger partial charge in [-0.3, -0.25) is 5.41 Å². The zero-order chi connectivity index (χ0) is 18.8. The highest BCUT2D eigenvalue weighted by molar-refractivity contribution is 6.18. The third kappa shape index (κ3) is 5.81. The smallest absolute Gasteiger partial charge is 0.345 e. The molecule has 2 N–H and O–H groups in total. The van der Waals surface area contributed by atoms with Crippen LogP contribution in [0.3, 0.4) is 0 Å². The van der Waals surface area contributed by atoms with Crippen molar-refractivity contribution in [1.29, 1.82) is 5.41 Å². The molecule has 0 amide bonds. The zero-order valence-corrected chi connectivity index (χ0v) is 15.0. The molecule has 0 saturated carbocycles. The topological polar surface area (TPSA) is 109 Å². The number of carbonyl (C=O) groups is 2. The van der Waals surface area contributed by atoms with Gasteiger partial charge in [0.1, 0.15) is 17.0 Å². The molecule has 0 aromatic heterocycles. The largest absolute Gasteiger partial charge is 0.480 e. The Morgan fingerprint density at radius 2 is 1.52 bits per heavy atom. The summed E-state index contributed by atoms with van der Waals surface area (Å²) in [5, 5.41) is 18.3. The molecule has 0 aromatic rings. The molecule has 0 radical (unpaired) electrons. The van der Waals surface area contributed by atoms with E-state index in [4.69, 9.17) is 19.6 Å². The van der Waals surface area contributed by atoms with Gasteiger partial charge < -0.3 is 24.2 Å². The number of amidine groups is 1. The van der Waals surface area contributed by atoms with Gasteiger partial charge in [0.05, 0.1) is 19.8 Å². The van der Waals surface area contributed by atoms with E-state index < -0.39 is 17.9 Å². The summed E-state index contributed by atoms with van der Waals surface area (Å²) >= 11 is 0. The van der Waals surface area contributed by atoms with E-state index in [1.54, 1.807) is 25.7 Å². The molecule has 25 heavy (non-hydrogen) atoms. The molecule has 0 bridgehead atoms. The number of carbonyl (C=O) groups excluding carboxylic acids is 2. The van der Waals surface area contributed by atoms with E-state index in [0.29, 0.717) is 13.1 Å². The van der Waals surface area contributed by atoms with Crippen LogP contribution in [0.5, 0.6) is 0 Å². The lowest BCUT2D eigenvalue weighted by atomic mass is 10.1. The maximum atomic E-state index is 12.3. The van der Waals surface area contributed by atoms with Crippen molar-refractivity contribution in [3.8, 4) is 0 Å². The minimum Gasteiger partial charge on any atom is -0.480 e. The van der Waals surface area contributed by atoms with Crippen LogP contribution in [-0.4, -0.2) is 60.7 Å². The highest BCUT2D eigenvalue weighted by atomic mass is 16.6. The van der Waals surface area contributed by atoms with Crippen LogP contribution in [-0.2, 0) is 23.8 Å². The second kappa shape index (κ2) is 10.4. The summed E-state index contributed by atoms with van der Waals surface area (Å²) in [6.07, 6.45) is 2.94. The fourth-order valence-corrected chi connectivity index (χ4v) is 2.32. The normalized spacial score (nSPS) is 15.5. The Morgan fingerprint density at radius 1 is 1.00 bits per heavy atom. The van der Waals surface area contributed by atoms with E-state index in [1.165, 1.54) is 0 Å². The first-order chi connectivity index (χ1) is 12.0. The predicted octanol–water partition coefficient (Wildman–Crippen LogP) is 1.92. The summed E-state index contributed by atoms with van der Waals surface area (Å²) < 4.78 is 14.9. The molecular formula is C17H26N2O6. The van der Waals surface area contributed by atoms with Gasteiger partial charge in [-0.2, -0.15) is 0 Å². The Kier molecular flexibility index (Phi) is 8.52. The first kappa shape index (κ1) is 20.5. The average Bonchev–Trinajstić information content (AvgIpc) is 3.10. The molecule has 0 unspecified atom stereocenters. The zero-order valence-electron chi connectivity index (χ0n) is 15.0. The number of aliphatic hydroxyl groups is 1. The Labute approximate surface area is 147 Å². The van der Waals surface area contributed by atoms with Crippen LogP contribution >= 0.6 is 0 Å². The maximum Gasteiger partial charge on any atom is 0.345 e. The molecular weight excluding hydrogens is 328 g/mol. The van der Waals surface area contributed by atoms with Crippen LogP contribution in [0, 0.1) is 5.41 Å². The summed E-state index contributed by atoms with van der Waals surface area (Å²) in [6, 6.07) is 0. The van der Waals surface area contributed by atoms with Gasteiger partial charge in [0.2, 0.25) is 0 Å². The summed E-state index contributed by atoms with van der Waals surface area (Å²) in [4.78, 5) is 26.1. The fraction of sp³-hybridized carbons (Fsp3) is 0.588. The molecule has 8 heteroatoms. The second-order valence-electron chi connectivity index (χ2n) is 5.19.